The molecule has 1 N–H and O–H groups in total. The lowest BCUT2D eigenvalue weighted by Crippen LogP contribution is -2.14. The number of nitrogens with one attached hydrogen (secondary N) is 1. The van der Waals surface area contributed by atoms with E-state index >= 15 is 0 Å². The topological polar surface area (TPSA) is 73.0 Å². The predicted molar refractivity (Wildman–Crippen MR) is 114 cm³/mol. The molecule has 0 bridgehead atoms. The van der Waals surface area contributed by atoms with Gasteiger partial charge in [-0.1, -0.05) is 49.0 Å². The Morgan fingerprint density at radius 1 is 1.03 bits per heavy atom. The number of aryl methyl sites for hydroxylation is 1. The third-order valence-corrected chi connectivity index (χ3v) is 5.30. The summed E-state index contributed by atoms with van der Waals surface area (Å²) in [6.45, 7) is 2.10. The van der Waals surface area contributed by atoms with E-state index in [9.17, 15) is 4.79 Å². The van der Waals surface area contributed by atoms with Crippen LogP contribution in [0, 0.1) is 0 Å². The Balaban J connectivity index is 1.52. The van der Waals surface area contributed by atoms with E-state index in [-0.39, 0.29) is 11.7 Å². The molecule has 0 saturated carbocycles. The second-order valence-corrected chi connectivity index (χ2v) is 7.28. The number of benzene rings is 2. The second kappa shape index (κ2) is 8.79. The van der Waals surface area contributed by atoms with Gasteiger partial charge in [-0.2, -0.15) is 0 Å². The number of nitrogens with zero attached hydrogens (tertiary/aromatic N) is 3. The third-order valence-electron chi connectivity index (χ3n) is 4.37. The molecule has 0 fully saturated rings. The highest BCUT2D eigenvalue weighted by Gasteiger charge is 2.18. The summed E-state index contributed by atoms with van der Waals surface area (Å²) >= 11 is 1.33. The van der Waals surface area contributed by atoms with Crippen LogP contribution in [0.5, 0.6) is 0 Å². The molecule has 2 aromatic carbocycles. The van der Waals surface area contributed by atoms with Crippen molar-refractivity contribution in [3.05, 3.63) is 78.6 Å². The van der Waals surface area contributed by atoms with Crippen molar-refractivity contribution in [1.82, 2.24) is 14.8 Å². The summed E-state index contributed by atoms with van der Waals surface area (Å²) in [5.41, 5.74) is 2.93. The van der Waals surface area contributed by atoms with Crippen LogP contribution in [-0.2, 0) is 11.2 Å². The van der Waals surface area contributed by atoms with Gasteiger partial charge in [-0.25, -0.2) is 0 Å². The molecule has 146 valence electrons. The Hall–Kier alpha value is -3.32. The molecule has 7 heteroatoms. The van der Waals surface area contributed by atoms with E-state index in [0.717, 1.165) is 17.8 Å². The highest BCUT2D eigenvalue weighted by Crippen LogP contribution is 2.28. The third kappa shape index (κ3) is 4.41. The fraction of sp³-hybridized carbons (Fsp3) is 0.136. The van der Waals surface area contributed by atoms with E-state index < -0.39 is 0 Å². The Kier molecular flexibility index (Phi) is 5.76. The van der Waals surface area contributed by atoms with E-state index in [2.05, 4.69) is 22.4 Å². The summed E-state index contributed by atoms with van der Waals surface area (Å²) in [7, 11) is 0. The molecule has 2 aromatic heterocycles. The molecule has 0 atom stereocenters. The van der Waals surface area contributed by atoms with Gasteiger partial charge in [-0.15, -0.1) is 10.2 Å². The van der Waals surface area contributed by atoms with Crippen molar-refractivity contribution in [3.8, 4) is 17.3 Å². The lowest BCUT2D eigenvalue weighted by Gasteiger charge is -2.09. The maximum absolute atomic E-state index is 12.4. The quantitative estimate of drug-likeness (QED) is 0.447. The zero-order valence-corrected chi connectivity index (χ0v) is 16.7. The Morgan fingerprint density at radius 2 is 1.83 bits per heavy atom. The van der Waals surface area contributed by atoms with E-state index in [4.69, 9.17) is 4.42 Å². The standard InChI is InChI=1S/C22H20N4O2S/c1-2-16-10-12-17(13-11-16)23-20(27)15-29-22-25-24-21(19-9-6-14-28-19)26(22)18-7-4-3-5-8-18/h3-14H,2,15H2,1H3,(H,23,27). The van der Waals surface area contributed by atoms with Crippen LogP contribution in [0.25, 0.3) is 17.3 Å². The molecule has 2 heterocycles. The van der Waals surface area contributed by atoms with Crippen LogP contribution in [0.4, 0.5) is 5.69 Å². The highest BCUT2D eigenvalue weighted by molar-refractivity contribution is 7.99. The van der Waals surface area contributed by atoms with Crippen LogP contribution in [0.1, 0.15) is 12.5 Å². The van der Waals surface area contributed by atoms with Gasteiger partial charge in [0.15, 0.2) is 10.9 Å². The zero-order chi connectivity index (χ0) is 20.1. The number of furan rings is 1. The first-order valence-electron chi connectivity index (χ1n) is 9.31. The average molecular weight is 404 g/mol. The summed E-state index contributed by atoms with van der Waals surface area (Å²) < 4.78 is 7.40. The van der Waals surface area contributed by atoms with Crippen molar-refractivity contribution in [2.45, 2.75) is 18.5 Å². The first-order chi connectivity index (χ1) is 14.2. The summed E-state index contributed by atoms with van der Waals surface area (Å²) in [6, 6.07) is 21.3. The molecule has 1 amide bonds. The first-order valence-corrected chi connectivity index (χ1v) is 10.3. The Morgan fingerprint density at radius 3 is 2.52 bits per heavy atom. The molecule has 0 spiro atoms. The predicted octanol–water partition coefficient (Wildman–Crippen LogP) is 4.82. The summed E-state index contributed by atoms with van der Waals surface area (Å²) in [4.78, 5) is 12.4. The minimum Gasteiger partial charge on any atom is -0.461 e. The van der Waals surface area contributed by atoms with Gasteiger partial charge in [0.25, 0.3) is 0 Å². The fourth-order valence-electron chi connectivity index (χ4n) is 2.89. The minimum absolute atomic E-state index is 0.0959. The van der Waals surface area contributed by atoms with Crippen LogP contribution in [0.3, 0.4) is 0 Å². The maximum Gasteiger partial charge on any atom is 0.234 e. The van der Waals surface area contributed by atoms with Crippen molar-refractivity contribution >= 4 is 23.4 Å². The molecule has 0 aliphatic heterocycles. The van der Waals surface area contributed by atoms with Gasteiger partial charge < -0.3 is 9.73 Å². The fourth-order valence-corrected chi connectivity index (χ4v) is 3.64. The average Bonchev–Trinajstić information content (AvgIpc) is 3.43. The number of amides is 1. The number of hydrogen-bond acceptors (Lipinski definition) is 5. The first kappa shape index (κ1) is 19.0. The number of aromatic nitrogens is 3. The molecular weight excluding hydrogens is 384 g/mol. The highest BCUT2D eigenvalue weighted by atomic mass is 32.2. The van der Waals surface area contributed by atoms with Gasteiger partial charge >= 0.3 is 0 Å². The molecule has 0 aliphatic rings. The van der Waals surface area contributed by atoms with Gasteiger partial charge in [-0.05, 0) is 48.4 Å². The van der Waals surface area contributed by atoms with E-state index in [0.29, 0.717) is 16.7 Å². The van der Waals surface area contributed by atoms with Gasteiger partial charge in [0, 0.05) is 11.4 Å². The smallest absolute Gasteiger partial charge is 0.234 e. The monoisotopic (exact) mass is 404 g/mol. The molecule has 0 saturated heterocycles. The number of para-hydroxylation sites is 1. The van der Waals surface area contributed by atoms with Crippen molar-refractivity contribution in [2.75, 3.05) is 11.1 Å². The van der Waals surface area contributed by atoms with E-state index in [1.807, 2.05) is 71.3 Å². The minimum atomic E-state index is -0.0959. The summed E-state index contributed by atoms with van der Waals surface area (Å²) in [5.74, 6) is 1.34. The molecular formula is C22H20N4O2S. The van der Waals surface area contributed by atoms with Crippen molar-refractivity contribution in [1.29, 1.82) is 0 Å². The van der Waals surface area contributed by atoms with Gasteiger partial charge in [0.2, 0.25) is 11.7 Å². The number of thioether (sulfide) groups is 1. The lowest BCUT2D eigenvalue weighted by molar-refractivity contribution is -0.113. The lowest BCUT2D eigenvalue weighted by atomic mass is 10.1. The van der Waals surface area contributed by atoms with Gasteiger partial charge in [0.05, 0.1) is 12.0 Å². The molecule has 4 rings (SSSR count). The van der Waals surface area contributed by atoms with Crippen LogP contribution in [-0.4, -0.2) is 26.4 Å². The second-order valence-electron chi connectivity index (χ2n) is 6.34. The molecule has 0 aliphatic carbocycles. The maximum atomic E-state index is 12.4. The number of anilines is 1. The SMILES string of the molecule is CCc1ccc(NC(=O)CSc2nnc(-c3ccco3)n2-c2ccccc2)cc1. The van der Waals surface area contributed by atoms with Crippen molar-refractivity contribution < 1.29 is 9.21 Å². The van der Waals surface area contributed by atoms with E-state index in [1.165, 1.54) is 17.3 Å². The van der Waals surface area contributed by atoms with Crippen LogP contribution >= 0.6 is 11.8 Å². The normalized spacial score (nSPS) is 10.8. The number of carbonyl (C=O) groups is 1. The molecule has 0 unspecified atom stereocenters. The van der Waals surface area contributed by atoms with Crippen LogP contribution in [0.15, 0.2) is 82.6 Å². The summed E-state index contributed by atoms with van der Waals surface area (Å²) in [5, 5.41) is 12.1. The van der Waals surface area contributed by atoms with Gasteiger partial charge in [0.1, 0.15) is 0 Å². The van der Waals surface area contributed by atoms with Crippen molar-refractivity contribution in [3.63, 3.8) is 0 Å². The summed E-state index contributed by atoms with van der Waals surface area (Å²) in [6.07, 6.45) is 2.57. The molecule has 29 heavy (non-hydrogen) atoms. The number of hydrogen-bond donors (Lipinski definition) is 1. The Bertz CT molecular complexity index is 1070. The number of carbonyl (C=O) groups excluding carboxylic acids is 1. The van der Waals surface area contributed by atoms with E-state index in [1.54, 1.807) is 6.26 Å². The Labute approximate surface area is 173 Å². The molecule has 6 nitrogen and oxygen atoms in total. The number of rotatable bonds is 7. The molecule has 4 aromatic rings. The largest absolute Gasteiger partial charge is 0.461 e. The van der Waals surface area contributed by atoms with Crippen molar-refractivity contribution in [2.24, 2.45) is 0 Å². The zero-order valence-electron chi connectivity index (χ0n) is 15.9. The van der Waals surface area contributed by atoms with Crippen LogP contribution in [0.2, 0.25) is 0 Å². The van der Waals surface area contributed by atoms with Crippen LogP contribution < -0.4 is 5.32 Å². The van der Waals surface area contributed by atoms with Gasteiger partial charge in [-0.3, -0.25) is 9.36 Å². The molecule has 0 radical (unpaired) electrons.